The summed E-state index contributed by atoms with van der Waals surface area (Å²) in [5.41, 5.74) is 2.05. The summed E-state index contributed by atoms with van der Waals surface area (Å²) in [4.78, 5) is 11.4. The minimum Gasteiger partial charge on any atom is -0.497 e. The number of ether oxygens (including phenoxy) is 2. The number of hydrogen-bond donors (Lipinski definition) is 2. The van der Waals surface area contributed by atoms with Crippen molar-refractivity contribution in [2.45, 2.75) is 19.4 Å². The minimum atomic E-state index is -0.661. The van der Waals surface area contributed by atoms with Gasteiger partial charge in [-0.2, -0.15) is 0 Å². The molecule has 0 aliphatic heterocycles. The lowest BCUT2D eigenvalue weighted by atomic mass is 10.2. The summed E-state index contributed by atoms with van der Waals surface area (Å²) in [6, 6.07) is 4.96. The SMILES string of the molecule is CCC(Oc1ccc(OC)cc1Cl)C(=O)NN. The number of rotatable bonds is 5. The van der Waals surface area contributed by atoms with E-state index in [9.17, 15) is 4.79 Å². The lowest BCUT2D eigenvalue weighted by Crippen LogP contribution is -2.41. The Morgan fingerprint density at radius 2 is 2.29 bits per heavy atom. The molecule has 1 amide bonds. The summed E-state index contributed by atoms with van der Waals surface area (Å²) in [6.07, 6.45) is -0.170. The second-order valence-corrected chi connectivity index (χ2v) is 3.73. The second-order valence-electron chi connectivity index (χ2n) is 3.32. The fraction of sp³-hybridized carbons (Fsp3) is 0.364. The highest BCUT2D eigenvalue weighted by molar-refractivity contribution is 6.32. The molecule has 0 aliphatic rings. The molecule has 0 bridgehead atoms. The summed E-state index contributed by atoms with van der Waals surface area (Å²) in [7, 11) is 1.54. The molecule has 0 saturated heterocycles. The van der Waals surface area contributed by atoms with Crippen LogP contribution in [-0.2, 0) is 4.79 Å². The Morgan fingerprint density at radius 1 is 1.59 bits per heavy atom. The van der Waals surface area contributed by atoms with Crippen molar-refractivity contribution in [3.05, 3.63) is 23.2 Å². The van der Waals surface area contributed by atoms with E-state index in [1.165, 1.54) is 0 Å². The largest absolute Gasteiger partial charge is 0.497 e. The van der Waals surface area contributed by atoms with E-state index in [4.69, 9.17) is 26.9 Å². The number of carbonyl (C=O) groups is 1. The van der Waals surface area contributed by atoms with Gasteiger partial charge in [-0.05, 0) is 18.6 Å². The monoisotopic (exact) mass is 258 g/mol. The van der Waals surface area contributed by atoms with Crippen molar-refractivity contribution >= 4 is 17.5 Å². The third-order valence-electron chi connectivity index (χ3n) is 2.21. The van der Waals surface area contributed by atoms with E-state index in [2.05, 4.69) is 0 Å². The van der Waals surface area contributed by atoms with Crippen LogP contribution in [0.15, 0.2) is 18.2 Å². The molecule has 1 rings (SSSR count). The normalized spacial score (nSPS) is 11.8. The van der Waals surface area contributed by atoms with Gasteiger partial charge in [-0.3, -0.25) is 10.2 Å². The highest BCUT2D eigenvalue weighted by Crippen LogP contribution is 2.29. The second kappa shape index (κ2) is 6.32. The van der Waals surface area contributed by atoms with Crippen molar-refractivity contribution in [1.82, 2.24) is 5.43 Å². The van der Waals surface area contributed by atoms with Crippen molar-refractivity contribution in [3.63, 3.8) is 0 Å². The van der Waals surface area contributed by atoms with Gasteiger partial charge < -0.3 is 9.47 Å². The number of nitrogens with one attached hydrogen (secondary N) is 1. The van der Waals surface area contributed by atoms with Crippen LogP contribution in [0.1, 0.15) is 13.3 Å². The molecule has 1 unspecified atom stereocenters. The van der Waals surface area contributed by atoms with Gasteiger partial charge in [0, 0.05) is 6.07 Å². The maximum Gasteiger partial charge on any atom is 0.274 e. The van der Waals surface area contributed by atoms with Gasteiger partial charge >= 0.3 is 0 Å². The minimum absolute atomic E-state index is 0.382. The third kappa shape index (κ3) is 3.51. The van der Waals surface area contributed by atoms with Gasteiger partial charge in [-0.15, -0.1) is 0 Å². The molecule has 1 aromatic rings. The first-order chi connectivity index (χ1) is 8.12. The van der Waals surface area contributed by atoms with E-state index >= 15 is 0 Å². The van der Waals surface area contributed by atoms with E-state index < -0.39 is 6.10 Å². The average Bonchev–Trinajstić information content (AvgIpc) is 2.36. The molecule has 0 spiro atoms. The highest BCUT2D eigenvalue weighted by atomic mass is 35.5. The molecule has 0 fully saturated rings. The lowest BCUT2D eigenvalue weighted by Gasteiger charge is -2.16. The van der Waals surface area contributed by atoms with Crippen LogP contribution in [0.4, 0.5) is 0 Å². The lowest BCUT2D eigenvalue weighted by molar-refractivity contribution is -0.128. The molecule has 0 aliphatic carbocycles. The summed E-state index contributed by atoms with van der Waals surface area (Å²) in [5, 5.41) is 0.382. The van der Waals surface area contributed by atoms with Crippen molar-refractivity contribution in [3.8, 4) is 11.5 Å². The Labute approximate surface area is 105 Å². The fourth-order valence-corrected chi connectivity index (χ4v) is 1.49. The van der Waals surface area contributed by atoms with E-state index in [-0.39, 0.29) is 5.91 Å². The topological polar surface area (TPSA) is 73.6 Å². The van der Waals surface area contributed by atoms with Gasteiger partial charge in [0.15, 0.2) is 6.10 Å². The van der Waals surface area contributed by atoms with Crippen LogP contribution in [0.25, 0.3) is 0 Å². The fourth-order valence-electron chi connectivity index (χ4n) is 1.27. The van der Waals surface area contributed by atoms with Gasteiger partial charge in [0.05, 0.1) is 12.1 Å². The van der Waals surface area contributed by atoms with Gasteiger partial charge in [0.1, 0.15) is 11.5 Å². The molecule has 3 N–H and O–H groups in total. The molecular formula is C11H15ClN2O3. The molecular weight excluding hydrogens is 244 g/mol. The summed E-state index contributed by atoms with van der Waals surface area (Å²) in [5.74, 6) is 5.71. The summed E-state index contributed by atoms with van der Waals surface area (Å²) in [6.45, 7) is 1.82. The Morgan fingerprint density at radius 3 is 2.76 bits per heavy atom. The van der Waals surface area contributed by atoms with E-state index in [0.717, 1.165) is 0 Å². The molecule has 1 atom stereocenters. The first-order valence-electron chi connectivity index (χ1n) is 5.13. The standard InChI is InChI=1S/C11H15ClN2O3/c1-3-9(11(15)14-13)17-10-5-4-7(16-2)6-8(10)12/h4-6,9H,3,13H2,1-2H3,(H,14,15). The zero-order chi connectivity index (χ0) is 12.8. The zero-order valence-corrected chi connectivity index (χ0v) is 10.5. The molecule has 0 heterocycles. The van der Waals surface area contributed by atoms with Crippen LogP contribution < -0.4 is 20.7 Å². The van der Waals surface area contributed by atoms with E-state index in [1.807, 2.05) is 12.3 Å². The van der Waals surface area contributed by atoms with Crippen LogP contribution in [0.3, 0.4) is 0 Å². The van der Waals surface area contributed by atoms with Gasteiger partial charge in [-0.25, -0.2) is 5.84 Å². The molecule has 94 valence electrons. The van der Waals surface area contributed by atoms with Crippen molar-refractivity contribution in [1.29, 1.82) is 0 Å². The first-order valence-corrected chi connectivity index (χ1v) is 5.50. The van der Waals surface area contributed by atoms with Crippen LogP contribution in [-0.4, -0.2) is 19.1 Å². The maximum atomic E-state index is 11.4. The number of hydrogen-bond acceptors (Lipinski definition) is 4. The number of amides is 1. The quantitative estimate of drug-likeness (QED) is 0.477. The van der Waals surface area contributed by atoms with E-state index in [1.54, 1.807) is 25.3 Å². The van der Waals surface area contributed by atoms with Gasteiger partial charge in [0.2, 0.25) is 0 Å². The van der Waals surface area contributed by atoms with E-state index in [0.29, 0.717) is 22.9 Å². The predicted octanol–water partition coefficient (Wildman–Crippen LogP) is 1.50. The van der Waals surface area contributed by atoms with Crippen LogP contribution in [0.2, 0.25) is 5.02 Å². The summed E-state index contributed by atoms with van der Waals surface area (Å²) < 4.78 is 10.5. The molecule has 6 heteroatoms. The summed E-state index contributed by atoms with van der Waals surface area (Å²) >= 11 is 5.99. The Bertz CT molecular complexity index is 398. The van der Waals surface area contributed by atoms with Crippen LogP contribution >= 0.6 is 11.6 Å². The van der Waals surface area contributed by atoms with Gasteiger partial charge in [0.25, 0.3) is 5.91 Å². The van der Waals surface area contributed by atoms with Crippen molar-refractivity contribution in [2.24, 2.45) is 5.84 Å². The van der Waals surface area contributed by atoms with Crippen LogP contribution in [0.5, 0.6) is 11.5 Å². The molecule has 0 aromatic heterocycles. The van der Waals surface area contributed by atoms with Crippen LogP contribution in [0, 0.1) is 0 Å². The molecule has 17 heavy (non-hydrogen) atoms. The molecule has 1 aromatic carbocycles. The molecule has 0 radical (unpaired) electrons. The highest BCUT2D eigenvalue weighted by Gasteiger charge is 2.18. The third-order valence-corrected chi connectivity index (χ3v) is 2.51. The first kappa shape index (κ1) is 13.6. The number of carbonyl (C=O) groups excluding carboxylic acids is 1. The number of hydrazine groups is 1. The Balaban J connectivity index is 2.83. The number of benzene rings is 1. The van der Waals surface area contributed by atoms with Gasteiger partial charge in [-0.1, -0.05) is 18.5 Å². The number of halogens is 1. The maximum absolute atomic E-state index is 11.4. The van der Waals surface area contributed by atoms with Crippen molar-refractivity contribution < 1.29 is 14.3 Å². The van der Waals surface area contributed by atoms with Crippen molar-refractivity contribution in [2.75, 3.05) is 7.11 Å². The smallest absolute Gasteiger partial charge is 0.274 e. The number of methoxy groups -OCH3 is 1. The number of nitrogens with two attached hydrogens (primary N) is 1. The molecule has 5 nitrogen and oxygen atoms in total. The zero-order valence-electron chi connectivity index (χ0n) is 9.70. The Kier molecular flexibility index (Phi) is 5.06. The molecule has 0 saturated carbocycles. The predicted molar refractivity (Wildman–Crippen MR) is 65.0 cm³/mol. The average molecular weight is 259 g/mol. The Hall–Kier alpha value is -1.46.